The molecule has 3 heterocycles. The molecule has 2 aliphatic heterocycles. The molecule has 2 atom stereocenters. The summed E-state index contributed by atoms with van der Waals surface area (Å²) >= 11 is 0. The summed E-state index contributed by atoms with van der Waals surface area (Å²) < 4.78 is 6.51. The molecule has 2 aliphatic rings. The molecule has 0 radical (unpaired) electrons. The number of ether oxygens (including phenoxy) is 1. The molecule has 2 bridgehead atoms. The van der Waals surface area contributed by atoms with Gasteiger partial charge in [0.15, 0.2) is 0 Å². The van der Waals surface area contributed by atoms with Crippen LogP contribution >= 0.6 is 0 Å². The van der Waals surface area contributed by atoms with Gasteiger partial charge in [0, 0.05) is 21.9 Å². The fraction of sp³-hybridized carbons (Fsp3) is 0.121. The van der Waals surface area contributed by atoms with E-state index in [9.17, 15) is 0 Å². The molecule has 0 saturated carbocycles. The molecule has 35 heavy (non-hydrogen) atoms. The van der Waals surface area contributed by atoms with Gasteiger partial charge in [0.2, 0.25) is 0 Å². The molecule has 2 unspecified atom stereocenters. The van der Waals surface area contributed by atoms with Gasteiger partial charge >= 0.3 is 0 Å². The lowest BCUT2D eigenvalue weighted by Gasteiger charge is -2.21. The van der Waals surface area contributed by atoms with E-state index in [0.29, 0.717) is 0 Å². The molecule has 6 aromatic carbocycles. The van der Waals surface area contributed by atoms with E-state index in [2.05, 4.69) is 91.0 Å². The summed E-state index contributed by atoms with van der Waals surface area (Å²) in [5.74, 6) is 0. The van der Waals surface area contributed by atoms with Crippen molar-refractivity contribution in [1.29, 1.82) is 0 Å². The number of rotatable bonds is 1. The summed E-state index contributed by atoms with van der Waals surface area (Å²) in [6, 6.07) is 33.2. The maximum atomic E-state index is 6.51. The molecule has 2 heteroatoms. The van der Waals surface area contributed by atoms with Crippen molar-refractivity contribution in [3.05, 3.63) is 102 Å². The van der Waals surface area contributed by atoms with Crippen LogP contribution in [-0.4, -0.2) is 4.98 Å². The van der Waals surface area contributed by atoms with Crippen molar-refractivity contribution in [2.24, 2.45) is 0 Å². The molecule has 1 fully saturated rings. The Balaban J connectivity index is 1.55. The van der Waals surface area contributed by atoms with E-state index in [1.165, 1.54) is 65.2 Å². The van der Waals surface area contributed by atoms with Crippen LogP contribution < -0.4 is 0 Å². The predicted octanol–water partition coefficient (Wildman–Crippen LogP) is 8.86. The minimum absolute atomic E-state index is 0.157. The third-order valence-corrected chi connectivity index (χ3v) is 8.39. The van der Waals surface area contributed by atoms with Crippen molar-refractivity contribution >= 4 is 54.0 Å². The highest BCUT2D eigenvalue weighted by atomic mass is 16.5. The van der Waals surface area contributed by atoms with Gasteiger partial charge in [0.25, 0.3) is 0 Å². The highest BCUT2D eigenvalue weighted by molar-refractivity contribution is 6.36. The SMILES string of the molecule is c1ccc(-c2nc3c(cc4c5cccc6cccc(c7cccc3c74)c65)c3c2C2CCC3O2)cc1. The number of benzene rings is 6. The van der Waals surface area contributed by atoms with Gasteiger partial charge in [0.1, 0.15) is 0 Å². The van der Waals surface area contributed by atoms with Crippen molar-refractivity contribution in [1.82, 2.24) is 4.98 Å². The van der Waals surface area contributed by atoms with Crippen LogP contribution in [0.4, 0.5) is 0 Å². The zero-order valence-corrected chi connectivity index (χ0v) is 19.1. The first-order valence-corrected chi connectivity index (χ1v) is 12.5. The predicted molar refractivity (Wildman–Crippen MR) is 144 cm³/mol. The lowest BCUT2D eigenvalue weighted by Crippen LogP contribution is -2.05. The van der Waals surface area contributed by atoms with Gasteiger partial charge in [0.05, 0.1) is 23.4 Å². The summed E-state index contributed by atoms with van der Waals surface area (Å²) in [5.41, 5.74) is 6.07. The van der Waals surface area contributed by atoms with Crippen molar-refractivity contribution < 1.29 is 4.74 Å². The Kier molecular flexibility index (Phi) is 3.33. The van der Waals surface area contributed by atoms with Crippen molar-refractivity contribution in [3.63, 3.8) is 0 Å². The fourth-order valence-corrected chi connectivity index (χ4v) is 7.02. The van der Waals surface area contributed by atoms with E-state index in [1.807, 2.05) is 0 Å². The summed E-state index contributed by atoms with van der Waals surface area (Å²) in [6.07, 6.45) is 2.51. The molecule has 2 nitrogen and oxygen atoms in total. The van der Waals surface area contributed by atoms with Gasteiger partial charge in [-0.05, 0) is 62.2 Å². The van der Waals surface area contributed by atoms with E-state index in [1.54, 1.807) is 0 Å². The smallest absolute Gasteiger partial charge is 0.0859 e. The number of pyridine rings is 1. The van der Waals surface area contributed by atoms with E-state index in [4.69, 9.17) is 9.72 Å². The second-order valence-corrected chi connectivity index (χ2v) is 10.1. The Morgan fingerprint density at radius 1 is 0.571 bits per heavy atom. The van der Waals surface area contributed by atoms with E-state index in [0.717, 1.165) is 24.1 Å². The fourth-order valence-electron chi connectivity index (χ4n) is 7.02. The Morgan fingerprint density at radius 3 is 2.03 bits per heavy atom. The molecule has 1 aromatic heterocycles. The van der Waals surface area contributed by atoms with Crippen molar-refractivity contribution in [2.75, 3.05) is 0 Å². The van der Waals surface area contributed by atoms with Crippen LogP contribution in [0.1, 0.15) is 36.2 Å². The molecule has 0 aliphatic carbocycles. The zero-order valence-electron chi connectivity index (χ0n) is 19.1. The van der Waals surface area contributed by atoms with Crippen LogP contribution in [0.3, 0.4) is 0 Å². The third-order valence-electron chi connectivity index (χ3n) is 8.39. The number of aromatic nitrogens is 1. The zero-order chi connectivity index (χ0) is 22.7. The van der Waals surface area contributed by atoms with Crippen LogP contribution in [-0.2, 0) is 4.74 Å². The monoisotopic (exact) mass is 447 g/mol. The quantitative estimate of drug-likeness (QED) is 0.185. The summed E-state index contributed by atoms with van der Waals surface area (Å²) in [5, 5.41) is 11.8. The lowest BCUT2D eigenvalue weighted by atomic mass is 9.83. The first-order chi connectivity index (χ1) is 17.4. The maximum absolute atomic E-state index is 6.51. The van der Waals surface area contributed by atoms with Gasteiger partial charge in [-0.15, -0.1) is 0 Å². The average molecular weight is 448 g/mol. The van der Waals surface area contributed by atoms with Gasteiger partial charge < -0.3 is 4.74 Å². The first kappa shape index (κ1) is 18.3. The molecular formula is C33H21NO. The van der Waals surface area contributed by atoms with Gasteiger partial charge in [-0.1, -0.05) is 84.9 Å². The number of fused-ring (bicyclic) bond motifs is 10. The van der Waals surface area contributed by atoms with Crippen LogP contribution in [0.25, 0.3) is 65.3 Å². The minimum Gasteiger partial charge on any atom is -0.365 e. The van der Waals surface area contributed by atoms with E-state index >= 15 is 0 Å². The highest BCUT2D eigenvalue weighted by Gasteiger charge is 2.42. The summed E-state index contributed by atoms with van der Waals surface area (Å²) in [6.45, 7) is 0. The molecule has 0 spiro atoms. The maximum Gasteiger partial charge on any atom is 0.0859 e. The number of hydrogen-bond donors (Lipinski definition) is 0. The van der Waals surface area contributed by atoms with Crippen molar-refractivity contribution in [2.45, 2.75) is 25.0 Å². The number of hydrogen-bond acceptors (Lipinski definition) is 2. The molecule has 9 rings (SSSR count). The van der Waals surface area contributed by atoms with E-state index in [-0.39, 0.29) is 12.2 Å². The second kappa shape index (κ2) is 6.35. The molecule has 0 N–H and O–H groups in total. The largest absolute Gasteiger partial charge is 0.365 e. The van der Waals surface area contributed by atoms with Crippen LogP contribution in [0.2, 0.25) is 0 Å². The second-order valence-electron chi connectivity index (χ2n) is 10.1. The summed E-state index contributed by atoms with van der Waals surface area (Å²) in [7, 11) is 0. The summed E-state index contributed by atoms with van der Waals surface area (Å²) in [4.78, 5) is 5.43. The van der Waals surface area contributed by atoms with Gasteiger partial charge in [-0.3, -0.25) is 0 Å². The Morgan fingerprint density at radius 2 is 1.23 bits per heavy atom. The third kappa shape index (κ3) is 2.22. The molecule has 0 amide bonds. The topological polar surface area (TPSA) is 22.1 Å². The standard InChI is InChI=1S/C33H21NO/c1-2-7-19(8-3-1)32-31-27-16-15-26(35-27)30(31)25-17-24-22-12-5-10-18-9-4-11-20(28(18)22)21-13-6-14-23(29(21)24)33(25)34-32/h1-14,17,26-27H,15-16H2. The Labute approximate surface area is 202 Å². The molecule has 7 aromatic rings. The molecular weight excluding hydrogens is 426 g/mol. The molecule has 1 saturated heterocycles. The van der Waals surface area contributed by atoms with Crippen LogP contribution in [0, 0.1) is 0 Å². The van der Waals surface area contributed by atoms with E-state index < -0.39 is 0 Å². The first-order valence-electron chi connectivity index (χ1n) is 12.5. The van der Waals surface area contributed by atoms with Gasteiger partial charge in [-0.2, -0.15) is 0 Å². The average Bonchev–Trinajstić information content (AvgIpc) is 3.54. The van der Waals surface area contributed by atoms with Crippen molar-refractivity contribution in [3.8, 4) is 11.3 Å². The molecule has 164 valence electrons. The normalized spacial score (nSPS) is 19.1. The lowest BCUT2D eigenvalue weighted by molar-refractivity contribution is 0.0722. The highest BCUT2D eigenvalue weighted by Crippen LogP contribution is 2.56. The Hall–Kier alpha value is -4.01. The minimum atomic E-state index is 0.157. The number of nitrogens with zero attached hydrogens (tertiary/aromatic N) is 1. The van der Waals surface area contributed by atoms with Gasteiger partial charge in [-0.25, -0.2) is 4.98 Å². The van der Waals surface area contributed by atoms with Crippen LogP contribution in [0.15, 0.2) is 91.0 Å². The Bertz CT molecular complexity index is 1980. The van der Waals surface area contributed by atoms with Crippen LogP contribution in [0.5, 0.6) is 0 Å².